The molecule has 0 amide bonds. The minimum absolute atomic E-state index is 0.0156. The average molecular weight is 731 g/mol. The van der Waals surface area contributed by atoms with Crippen LogP contribution in [0.2, 0.25) is 0 Å². The van der Waals surface area contributed by atoms with Gasteiger partial charge in [0.15, 0.2) is 0 Å². The van der Waals surface area contributed by atoms with Crippen molar-refractivity contribution in [1.82, 2.24) is 0 Å². The number of rotatable bonds is 45. The standard InChI is InChI=1S/C50H98O2/c1-5-6-7-8-9-10-11-12-13-14-15-16-17-18-19-20-21-22-23-24-25-26-27-28-29-30-31-32-33-34-35-36-37-38-39-40-41-42-43-44-45-46-47-49(4)52-50(51)48(2)3/h49H,2,5-47H2,1,3-4H3. The van der Waals surface area contributed by atoms with Crippen molar-refractivity contribution in [2.24, 2.45) is 0 Å². The Bertz CT molecular complexity index is 698. The first-order valence-electron chi connectivity index (χ1n) is 24.4. The molecule has 0 aromatic rings. The Morgan fingerprint density at radius 2 is 0.538 bits per heavy atom. The molecule has 0 saturated carbocycles. The molecule has 2 nitrogen and oxygen atoms in total. The third kappa shape index (κ3) is 43.6. The first-order valence-corrected chi connectivity index (χ1v) is 24.4. The van der Waals surface area contributed by atoms with E-state index in [1.807, 2.05) is 6.92 Å². The van der Waals surface area contributed by atoms with Crippen LogP contribution in [0.3, 0.4) is 0 Å². The van der Waals surface area contributed by atoms with Crippen LogP contribution in [0.4, 0.5) is 0 Å². The summed E-state index contributed by atoms with van der Waals surface area (Å²) in [5.41, 5.74) is 0.494. The summed E-state index contributed by atoms with van der Waals surface area (Å²) < 4.78 is 5.35. The second-order valence-corrected chi connectivity index (χ2v) is 17.3. The molecule has 52 heavy (non-hydrogen) atoms. The first-order chi connectivity index (χ1) is 25.6. The van der Waals surface area contributed by atoms with E-state index in [1.165, 1.54) is 263 Å². The second kappa shape index (κ2) is 44.6. The maximum atomic E-state index is 11.5. The van der Waals surface area contributed by atoms with E-state index >= 15 is 0 Å². The van der Waals surface area contributed by atoms with Crippen LogP contribution in [-0.4, -0.2) is 12.1 Å². The Hall–Kier alpha value is -0.790. The number of carbonyl (C=O) groups excluding carboxylic acids is 1. The van der Waals surface area contributed by atoms with Gasteiger partial charge in [-0.05, 0) is 26.7 Å². The molecule has 0 rings (SSSR count). The number of unbranched alkanes of at least 4 members (excludes halogenated alkanes) is 41. The lowest BCUT2D eigenvalue weighted by molar-refractivity contribution is -0.143. The van der Waals surface area contributed by atoms with Crippen molar-refractivity contribution in [3.05, 3.63) is 12.2 Å². The number of hydrogen-bond donors (Lipinski definition) is 0. The summed E-state index contributed by atoms with van der Waals surface area (Å²) in [5, 5.41) is 0. The van der Waals surface area contributed by atoms with Gasteiger partial charge in [0.05, 0.1) is 6.10 Å². The summed E-state index contributed by atoms with van der Waals surface area (Å²) in [6.07, 6.45) is 61.9. The molecule has 0 aliphatic carbocycles. The van der Waals surface area contributed by atoms with Crippen LogP contribution in [-0.2, 0) is 9.53 Å². The van der Waals surface area contributed by atoms with Gasteiger partial charge in [-0.15, -0.1) is 0 Å². The van der Waals surface area contributed by atoms with Gasteiger partial charge in [0, 0.05) is 5.57 Å². The van der Waals surface area contributed by atoms with Crippen LogP contribution in [0.1, 0.15) is 297 Å². The molecule has 0 aliphatic heterocycles. The monoisotopic (exact) mass is 731 g/mol. The Morgan fingerprint density at radius 1 is 0.365 bits per heavy atom. The molecule has 2 heteroatoms. The maximum absolute atomic E-state index is 11.5. The number of esters is 1. The van der Waals surface area contributed by atoms with E-state index in [-0.39, 0.29) is 12.1 Å². The van der Waals surface area contributed by atoms with Crippen molar-refractivity contribution in [3.63, 3.8) is 0 Å². The summed E-state index contributed by atoms with van der Waals surface area (Å²) in [6.45, 7) is 9.66. The van der Waals surface area contributed by atoms with Crippen molar-refractivity contribution in [3.8, 4) is 0 Å². The van der Waals surface area contributed by atoms with E-state index < -0.39 is 0 Å². The Morgan fingerprint density at radius 3 is 0.712 bits per heavy atom. The highest BCUT2D eigenvalue weighted by atomic mass is 16.5. The molecule has 0 radical (unpaired) electrons. The van der Waals surface area contributed by atoms with E-state index in [1.54, 1.807) is 6.92 Å². The minimum atomic E-state index is -0.250. The summed E-state index contributed by atoms with van der Waals surface area (Å²) >= 11 is 0. The highest BCUT2D eigenvalue weighted by molar-refractivity contribution is 5.87. The zero-order valence-electron chi connectivity index (χ0n) is 36.5. The molecule has 1 unspecified atom stereocenters. The van der Waals surface area contributed by atoms with E-state index in [4.69, 9.17) is 4.74 Å². The van der Waals surface area contributed by atoms with Gasteiger partial charge in [0.2, 0.25) is 0 Å². The van der Waals surface area contributed by atoms with Crippen LogP contribution in [0.25, 0.3) is 0 Å². The molecule has 0 spiro atoms. The molecule has 0 fully saturated rings. The van der Waals surface area contributed by atoms with Gasteiger partial charge in [0.1, 0.15) is 0 Å². The molecule has 1 atom stereocenters. The van der Waals surface area contributed by atoms with Crippen LogP contribution in [0, 0.1) is 0 Å². The summed E-state index contributed by atoms with van der Waals surface area (Å²) in [7, 11) is 0. The van der Waals surface area contributed by atoms with Crippen molar-refractivity contribution in [1.29, 1.82) is 0 Å². The van der Waals surface area contributed by atoms with E-state index in [9.17, 15) is 4.79 Å². The zero-order chi connectivity index (χ0) is 37.8. The molecular weight excluding hydrogens is 633 g/mol. The Kier molecular flexibility index (Phi) is 43.9. The molecule has 0 aromatic heterocycles. The molecule has 310 valence electrons. The molecule has 0 aromatic carbocycles. The molecule has 0 heterocycles. The van der Waals surface area contributed by atoms with Gasteiger partial charge < -0.3 is 4.74 Å². The molecular formula is C50H98O2. The van der Waals surface area contributed by atoms with Crippen LogP contribution < -0.4 is 0 Å². The highest BCUT2D eigenvalue weighted by Crippen LogP contribution is 2.18. The lowest BCUT2D eigenvalue weighted by Gasteiger charge is -2.12. The van der Waals surface area contributed by atoms with E-state index in [0.717, 1.165) is 12.8 Å². The average Bonchev–Trinajstić information content (AvgIpc) is 3.13. The van der Waals surface area contributed by atoms with Gasteiger partial charge in [-0.2, -0.15) is 0 Å². The van der Waals surface area contributed by atoms with Gasteiger partial charge in [-0.3, -0.25) is 0 Å². The minimum Gasteiger partial charge on any atom is -0.459 e. The fraction of sp³-hybridized carbons (Fsp3) is 0.940. The largest absolute Gasteiger partial charge is 0.459 e. The normalized spacial score (nSPS) is 12.1. The van der Waals surface area contributed by atoms with Crippen molar-refractivity contribution in [2.75, 3.05) is 0 Å². The highest BCUT2D eigenvalue weighted by Gasteiger charge is 2.09. The van der Waals surface area contributed by atoms with E-state index in [2.05, 4.69) is 13.5 Å². The Labute approximate surface area is 329 Å². The Balaban J connectivity index is 3.10. The lowest BCUT2D eigenvalue weighted by Crippen LogP contribution is -2.15. The van der Waals surface area contributed by atoms with Crippen LogP contribution in [0.5, 0.6) is 0 Å². The number of hydrogen-bond acceptors (Lipinski definition) is 2. The second-order valence-electron chi connectivity index (χ2n) is 17.3. The van der Waals surface area contributed by atoms with Gasteiger partial charge in [0.25, 0.3) is 0 Å². The third-order valence-corrected chi connectivity index (χ3v) is 11.6. The van der Waals surface area contributed by atoms with Crippen molar-refractivity contribution in [2.45, 2.75) is 303 Å². The topological polar surface area (TPSA) is 26.3 Å². The van der Waals surface area contributed by atoms with Gasteiger partial charge >= 0.3 is 5.97 Å². The first kappa shape index (κ1) is 51.2. The van der Waals surface area contributed by atoms with Crippen molar-refractivity contribution >= 4 is 5.97 Å². The SMILES string of the molecule is C=C(C)C(=O)OC(C)CCCCCCCCCCCCCCCCCCCCCCCCCCCCCCCCCCCCCCCCCCCC. The molecule has 0 aliphatic rings. The lowest BCUT2D eigenvalue weighted by atomic mass is 10.0. The number of ether oxygens (including phenoxy) is 1. The van der Waals surface area contributed by atoms with Crippen molar-refractivity contribution < 1.29 is 9.53 Å². The van der Waals surface area contributed by atoms with E-state index in [0.29, 0.717) is 5.57 Å². The quantitative estimate of drug-likeness (QED) is 0.0354. The maximum Gasteiger partial charge on any atom is 0.333 e. The molecule has 0 saturated heterocycles. The summed E-state index contributed by atoms with van der Waals surface area (Å²) in [6, 6.07) is 0. The fourth-order valence-electron chi connectivity index (χ4n) is 7.92. The van der Waals surface area contributed by atoms with Gasteiger partial charge in [-0.25, -0.2) is 4.79 Å². The third-order valence-electron chi connectivity index (χ3n) is 11.6. The molecule has 0 N–H and O–H groups in total. The summed E-state index contributed by atoms with van der Waals surface area (Å²) in [4.78, 5) is 11.5. The smallest absolute Gasteiger partial charge is 0.333 e. The zero-order valence-corrected chi connectivity index (χ0v) is 36.5. The predicted octanol–water partition coefficient (Wildman–Crippen LogP) is 18.3. The molecule has 0 bridgehead atoms. The fourth-order valence-corrected chi connectivity index (χ4v) is 7.92. The summed E-state index contributed by atoms with van der Waals surface area (Å²) in [5.74, 6) is -0.250. The predicted molar refractivity (Wildman–Crippen MR) is 235 cm³/mol. The van der Waals surface area contributed by atoms with Crippen LogP contribution in [0.15, 0.2) is 12.2 Å². The number of carbonyl (C=O) groups is 1. The van der Waals surface area contributed by atoms with Crippen LogP contribution >= 0.6 is 0 Å². The van der Waals surface area contributed by atoms with Gasteiger partial charge in [-0.1, -0.05) is 277 Å².